The number of hydrogen-bond acceptors (Lipinski definition) is 4. The zero-order valence-electron chi connectivity index (χ0n) is 18.1. The van der Waals surface area contributed by atoms with Crippen LogP contribution in [0, 0.1) is 5.92 Å². The van der Waals surface area contributed by atoms with E-state index < -0.39 is 0 Å². The smallest absolute Gasteiger partial charge is 0.257 e. The van der Waals surface area contributed by atoms with E-state index in [0.29, 0.717) is 36.8 Å². The molecule has 6 heteroatoms. The first-order valence-corrected chi connectivity index (χ1v) is 11.6. The number of para-hydroxylation sites is 1. The number of amides is 2. The molecule has 4 rings (SSSR count). The predicted molar refractivity (Wildman–Crippen MR) is 115 cm³/mol. The molecule has 0 N–H and O–H groups in total. The molecule has 30 heavy (non-hydrogen) atoms. The molecule has 3 fully saturated rings. The summed E-state index contributed by atoms with van der Waals surface area (Å²) in [4.78, 5) is 30.4. The largest absolute Gasteiger partial charge is 0.493 e. The molecule has 3 atom stereocenters. The van der Waals surface area contributed by atoms with Crippen LogP contribution in [-0.4, -0.2) is 66.6 Å². The molecule has 0 aromatic heterocycles. The van der Waals surface area contributed by atoms with Crippen LogP contribution in [0.5, 0.6) is 5.75 Å². The van der Waals surface area contributed by atoms with Crippen LogP contribution in [0.4, 0.5) is 0 Å². The standard InChI is InChI=1S/C24H34N2O4/c1-2-29-22-11-4-3-10-20(22)24(28)26-14-6-5-8-18-16-25(17-21(18)26)23(27)13-12-19-9-7-15-30-19/h3-4,10-11,18-19,21H,2,5-9,12-17H2,1H3/t18-,19+,21+/m0/s1. The summed E-state index contributed by atoms with van der Waals surface area (Å²) in [7, 11) is 0. The van der Waals surface area contributed by atoms with E-state index in [0.717, 1.165) is 58.2 Å². The maximum absolute atomic E-state index is 13.5. The first-order chi connectivity index (χ1) is 14.7. The lowest BCUT2D eigenvalue weighted by molar-refractivity contribution is -0.131. The fourth-order valence-corrected chi connectivity index (χ4v) is 5.20. The molecule has 0 radical (unpaired) electrons. The summed E-state index contributed by atoms with van der Waals surface area (Å²) in [6, 6.07) is 7.60. The number of hydrogen-bond donors (Lipinski definition) is 0. The van der Waals surface area contributed by atoms with Crippen LogP contribution in [0.15, 0.2) is 24.3 Å². The first kappa shape index (κ1) is 21.2. The molecule has 0 unspecified atom stereocenters. The minimum Gasteiger partial charge on any atom is -0.493 e. The topological polar surface area (TPSA) is 59.1 Å². The van der Waals surface area contributed by atoms with Crippen LogP contribution in [-0.2, 0) is 9.53 Å². The Morgan fingerprint density at radius 2 is 2.00 bits per heavy atom. The van der Waals surface area contributed by atoms with Crippen molar-refractivity contribution in [3.63, 3.8) is 0 Å². The summed E-state index contributed by atoms with van der Waals surface area (Å²) in [6.07, 6.45) is 6.98. The third-order valence-corrected chi connectivity index (χ3v) is 6.77. The second kappa shape index (κ2) is 9.82. The number of rotatable bonds is 6. The van der Waals surface area contributed by atoms with E-state index in [4.69, 9.17) is 9.47 Å². The van der Waals surface area contributed by atoms with E-state index in [1.807, 2.05) is 41.0 Å². The Balaban J connectivity index is 1.44. The van der Waals surface area contributed by atoms with Gasteiger partial charge in [0.1, 0.15) is 5.75 Å². The average molecular weight is 415 g/mol. The van der Waals surface area contributed by atoms with Crippen molar-refractivity contribution in [2.75, 3.05) is 32.8 Å². The molecule has 2 amide bonds. The molecule has 0 saturated carbocycles. The van der Waals surface area contributed by atoms with Gasteiger partial charge >= 0.3 is 0 Å². The van der Waals surface area contributed by atoms with Crippen molar-refractivity contribution in [1.82, 2.24) is 9.80 Å². The van der Waals surface area contributed by atoms with Crippen molar-refractivity contribution in [2.24, 2.45) is 5.92 Å². The lowest BCUT2D eigenvalue weighted by atomic mass is 9.98. The zero-order chi connectivity index (χ0) is 20.9. The summed E-state index contributed by atoms with van der Waals surface area (Å²) in [5.74, 6) is 1.25. The van der Waals surface area contributed by atoms with Gasteiger partial charge in [0.2, 0.25) is 5.91 Å². The SMILES string of the molecule is CCOc1ccccc1C(=O)N1CCCC[C@H]2CN(C(=O)CC[C@H]3CCCO3)C[C@H]21. The quantitative estimate of drug-likeness (QED) is 0.715. The summed E-state index contributed by atoms with van der Waals surface area (Å²) in [6.45, 7) is 5.46. The van der Waals surface area contributed by atoms with Crippen molar-refractivity contribution in [3.8, 4) is 5.75 Å². The number of carbonyl (C=O) groups is 2. The van der Waals surface area contributed by atoms with Gasteiger partial charge in [0.05, 0.1) is 24.3 Å². The van der Waals surface area contributed by atoms with E-state index >= 15 is 0 Å². The van der Waals surface area contributed by atoms with Crippen LogP contribution < -0.4 is 4.74 Å². The van der Waals surface area contributed by atoms with Gasteiger partial charge < -0.3 is 19.3 Å². The van der Waals surface area contributed by atoms with E-state index in [1.165, 1.54) is 0 Å². The zero-order valence-corrected chi connectivity index (χ0v) is 18.1. The van der Waals surface area contributed by atoms with Gasteiger partial charge in [0, 0.05) is 32.7 Å². The summed E-state index contributed by atoms with van der Waals surface area (Å²) >= 11 is 0. The lowest BCUT2D eigenvalue weighted by Gasteiger charge is -2.30. The van der Waals surface area contributed by atoms with Gasteiger partial charge in [-0.25, -0.2) is 0 Å². The van der Waals surface area contributed by atoms with Gasteiger partial charge in [-0.05, 0) is 57.1 Å². The number of nitrogens with zero attached hydrogens (tertiary/aromatic N) is 2. The Hall–Kier alpha value is -2.08. The van der Waals surface area contributed by atoms with E-state index in [9.17, 15) is 9.59 Å². The van der Waals surface area contributed by atoms with Gasteiger partial charge in [-0.1, -0.05) is 18.6 Å². The van der Waals surface area contributed by atoms with Crippen molar-refractivity contribution < 1.29 is 19.1 Å². The highest BCUT2D eigenvalue weighted by Gasteiger charge is 2.41. The molecule has 164 valence electrons. The molecule has 3 aliphatic rings. The second-order valence-electron chi connectivity index (χ2n) is 8.72. The van der Waals surface area contributed by atoms with Crippen molar-refractivity contribution >= 4 is 11.8 Å². The number of benzene rings is 1. The maximum atomic E-state index is 13.5. The molecule has 3 heterocycles. The van der Waals surface area contributed by atoms with Crippen molar-refractivity contribution in [1.29, 1.82) is 0 Å². The van der Waals surface area contributed by atoms with Crippen LogP contribution >= 0.6 is 0 Å². The first-order valence-electron chi connectivity index (χ1n) is 11.6. The predicted octanol–water partition coefficient (Wildman–Crippen LogP) is 3.50. The fraction of sp³-hybridized carbons (Fsp3) is 0.667. The highest BCUT2D eigenvalue weighted by Crippen LogP contribution is 2.33. The number of carbonyl (C=O) groups excluding carboxylic acids is 2. The monoisotopic (exact) mass is 414 g/mol. The molecule has 1 aromatic rings. The molecule has 1 aromatic carbocycles. The molecular formula is C24H34N2O4. The molecule has 6 nitrogen and oxygen atoms in total. The van der Waals surface area contributed by atoms with Crippen LogP contribution in [0.1, 0.15) is 62.2 Å². The van der Waals surface area contributed by atoms with E-state index in [2.05, 4.69) is 0 Å². The van der Waals surface area contributed by atoms with Crippen LogP contribution in [0.25, 0.3) is 0 Å². The van der Waals surface area contributed by atoms with Crippen molar-refractivity contribution in [3.05, 3.63) is 29.8 Å². The summed E-state index contributed by atoms with van der Waals surface area (Å²) in [5, 5.41) is 0. The number of ether oxygens (including phenoxy) is 2. The van der Waals surface area contributed by atoms with E-state index in [1.54, 1.807) is 0 Å². The summed E-state index contributed by atoms with van der Waals surface area (Å²) in [5.41, 5.74) is 0.628. The highest BCUT2D eigenvalue weighted by molar-refractivity contribution is 5.97. The van der Waals surface area contributed by atoms with Gasteiger partial charge in [0.15, 0.2) is 0 Å². The van der Waals surface area contributed by atoms with Crippen molar-refractivity contribution in [2.45, 2.75) is 64.0 Å². The van der Waals surface area contributed by atoms with Gasteiger partial charge in [-0.2, -0.15) is 0 Å². The second-order valence-corrected chi connectivity index (χ2v) is 8.72. The molecule has 0 spiro atoms. The van der Waals surface area contributed by atoms with Gasteiger partial charge in [-0.3, -0.25) is 9.59 Å². The summed E-state index contributed by atoms with van der Waals surface area (Å²) < 4.78 is 11.4. The molecule has 3 saturated heterocycles. The Bertz CT molecular complexity index is 746. The third kappa shape index (κ3) is 4.64. The van der Waals surface area contributed by atoms with Gasteiger partial charge in [0.25, 0.3) is 5.91 Å². The fourth-order valence-electron chi connectivity index (χ4n) is 5.20. The molecule has 3 aliphatic heterocycles. The maximum Gasteiger partial charge on any atom is 0.257 e. The Morgan fingerprint density at radius 1 is 1.13 bits per heavy atom. The average Bonchev–Trinajstić information content (AvgIpc) is 3.39. The number of fused-ring (bicyclic) bond motifs is 1. The molecule has 0 aliphatic carbocycles. The van der Waals surface area contributed by atoms with E-state index in [-0.39, 0.29) is 24.0 Å². The highest BCUT2D eigenvalue weighted by atomic mass is 16.5. The number of likely N-dealkylation sites (tertiary alicyclic amines) is 2. The lowest BCUT2D eigenvalue weighted by Crippen LogP contribution is -2.44. The Labute approximate surface area is 179 Å². The Kier molecular flexibility index (Phi) is 6.93. The Morgan fingerprint density at radius 3 is 2.80 bits per heavy atom. The molecule has 0 bridgehead atoms. The van der Waals surface area contributed by atoms with Crippen LogP contribution in [0.2, 0.25) is 0 Å². The van der Waals surface area contributed by atoms with Crippen LogP contribution in [0.3, 0.4) is 0 Å². The minimum atomic E-state index is 0.0320. The normalized spacial score (nSPS) is 26.4. The third-order valence-electron chi connectivity index (χ3n) is 6.77. The minimum absolute atomic E-state index is 0.0320. The van der Waals surface area contributed by atoms with Gasteiger partial charge in [-0.15, -0.1) is 0 Å². The molecular weight excluding hydrogens is 380 g/mol.